The molecule has 70 valence electrons. The van der Waals surface area contributed by atoms with Gasteiger partial charge in [0.1, 0.15) is 6.61 Å². The lowest BCUT2D eigenvalue weighted by atomic mass is 10.1. The summed E-state index contributed by atoms with van der Waals surface area (Å²) in [5, 5.41) is 8.72. The number of carbonyl (C=O) groups is 1. The van der Waals surface area contributed by atoms with Crippen molar-refractivity contribution in [1.82, 2.24) is 4.90 Å². The van der Waals surface area contributed by atoms with E-state index >= 15 is 0 Å². The second-order valence-corrected chi connectivity index (χ2v) is 2.86. The van der Waals surface area contributed by atoms with Gasteiger partial charge in [-0.2, -0.15) is 0 Å². The first-order valence-electron chi connectivity index (χ1n) is 4.27. The molecule has 0 radical (unpaired) electrons. The summed E-state index contributed by atoms with van der Waals surface area (Å²) >= 11 is 0. The van der Waals surface area contributed by atoms with Crippen molar-refractivity contribution in [3.05, 3.63) is 0 Å². The Morgan fingerprint density at radius 3 is 3.08 bits per heavy atom. The molecule has 0 spiro atoms. The lowest BCUT2D eigenvalue weighted by molar-refractivity contribution is -0.148. The SMILES string of the molecule is CCN1C(=O)COCC1CCO. The highest BCUT2D eigenvalue weighted by Gasteiger charge is 2.26. The van der Waals surface area contributed by atoms with Crippen LogP contribution in [0.25, 0.3) is 0 Å². The van der Waals surface area contributed by atoms with E-state index < -0.39 is 0 Å². The molecule has 1 heterocycles. The summed E-state index contributed by atoms with van der Waals surface area (Å²) < 4.78 is 5.08. The quantitative estimate of drug-likeness (QED) is 0.632. The topological polar surface area (TPSA) is 49.8 Å². The first-order chi connectivity index (χ1) is 5.79. The predicted molar refractivity (Wildman–Crippen MR) is 43.7 cm³/mol. The maximum Gasteiger partial charge on any atom is 0.248 e. The molecule has 12 heavy (non-hydrogen) atoms. The van der Waals surface area contributed by atoms with Crippen molar-refractivity contribution in [2.75, 3.05) is 26.4 Å². The number of morpholine rings is 1. The normalized spacial score (nSPS) is 24.7. The van der Waals surface area contributed by atoms with Crippen molar-refractivity contribution in [1.29, 1.82) is 0 Å². The van der Waals surface area contributed by atoms with E-state index in [1.54, 1.807) is 4.90 Å². The molecule has 0 aromatic carbocycles. The zero-order valence-corrected chi connectivity index (χ0v) is 7.32. The molecular weight excluding hydrogens is 158 g/mol. The number of rotatable bonds is 3. The van der Waals surface area contributed by atoms with Gasteiger partial charge in [0.25, 0.3) is 0 Å². The fraction of sp³-hybridized carbons (Fsp3) is 0.875. The van der Waals surface area contributed by atoms with Crippen molar-refractivity contribution >= 4 is 5.91 Å². The van der Waals surface area contributed by atoms with Crippen molar-refractivity contribution in [2.45, 2.75) is 19.4 Å². The van der Waals surface area contributed by atoms with E-state index in [0.29, 0.717) is 19.6 Å². The van der Waals surface area contributed by atoms with Gasteiger partial charge in [-0.1, -0.05) is 0 Å². The van der Waals surface area contributed by atoms with Gasteiger partial charge in [-0.3, -0.25) is 4.79 Å². The van der Waals surface area contributed by atoms with Crippen LogP contribution >= 0.6 is 0 Å². The number of hydrogen-bond acceptors (Lipinski definition) is 3. The van der Waals surface area contributed by atoms with E-state index in [9.17, 15) is 4.79 Å². The molecule has 0 bridgehead atoms. The fourth-order valence-electron chi connectivity index (χ4n) is 1.48. The van der Waals surface area contributed by atoms with Crippen LogP contribution in [0.5, 0.6) is 0 Å². The minimum absolute atomic E-state index is 0.0298. The molecule has 4 heteroatoms. The van der Waals surface area contributed by atoms with Gasteiger partial charge in [-0.15, -0.1) is 0 Å². The van der Waals surface area contributed by atoms with Gasteiger partial charge in [0.2, 0.25) is 5.91 Å². The van der Waals surface area contributed by atoms with Crippen LogP contribution in [0.2, 0.25) is 0 Å². The van der Waals surface area contributed by atoms with Crippen molar-refractivity contribution in [2.24, 2.45) is 0 Å². The van der Waals surface area contributed by atoms with Gasteiger partial charge in [0, 0.05) is 13.2 Å². The van der Waals surface area contributed by atoms with Crippen molar-refractivity contribution in [3.63, 3.8) is 0 Å². The number of carbonyl (C=O) groups excluding carboxylic acids is 1. The maximum absolute atomic E-state index is 11.2. The third-order valence-corrected chi connectivity index (χ3v) is 2.10. The second kappa shape index (κ2) is 4.42. The minimum atomic E-state index is 0.0298. The molecule has 1 rings (SSSR count). The summed E-state index contributed by atoms with van der Waals surface area (Å²) in [6.07, 6.45) is 0.611. The molecule has 1 fully saturated rings. The van der Waals surface area contributed by atoms with Crippen LogP contribution in [0.3, 0.4) is 0 Å². The first-order valence-corrected chi connectivity index (χ1v) is 4.27. The standard InChI is InChI=1S/C8H15NO3/c1-2-9-7(3-4-10)5-12-6-8(9)11/h7,10H,2-6H2,1H3. The molecule has 1 atom stereocenters. The fourth-order valence-corrected chi connectivity index (χ4v) is 1.48. The van der Waals surface area contributed by atoms with E-state index in [2.05, 4.69) is 0 Å². The van der Waals surface area contributed by atoms with Crippen LogP contribution in [0, 0.1) is 0 Å². The summed E-state index contributed by atoms with van der Waals surface area (Å²) in [5.74, 6) is 0.0298. The Morgan fingerprint density at radius 2 is 2.50 bits per heavy atom. The number of aliphatic hydroxyl groups excluding tert-OH is 1. The van der Waals surface area contributed by atoms with Crippen LogP contribution in [0.1, 0.15) is 13.3 Å². The van der Waals surface area contributed by atoms with E-state index in [1.165, 1.54) is 0 Å². The predicted octanol–water partition coefficient (Wildman–Crippen LogP) is -0.384. The zero-order chi connectivity index (χ0) is 8.97. The summed E-state index contributed by atoms with van der Waals surface area (Å²) in [7, 11) is 0. The average Bonchev–Trinajstić information content (AvgIpc) is 2.05. The molecule has 1 aliphatic heterocycles. The van der Waals surface area contributed by atoms with Gasteiger partial charge in [-0.05, 0) is 13.3 Å². The molecule has 0 aromatic rings. The number of aliphatic hydroxyl groups is 1. The molecule has 1 N–H and O–H groups in total. The Morgan fingerprint density at radius 1 is 1.75 bits per heavy atom. The van der Waals surface area contributed by atoms with Crippen LogP contribution < -0.4 is 0 Å². The molecule has 1 amide bonds. The third-order valence-electron chi connectivity index (χ3n) is 2.10. The number of likely N-dealkylation sites (N-methyl/N-ethyl adjacent to an activating group) is 1. The highest BCUT2D eigenvalue weighted by molar-refractivity contribution is 5.78. The smallest absolute Gasteiger partial charge is 0.248 e. The molecule has 0 aromatic heterocycles. The molecule has 1 unspecified atom stereocenters. The Balaban J connectivity index is 2.51. The number of hydrogen-bond donors (Lipinski definition) is 1. The average molecular weight is 173 g/mol. The van der Waals surface area contributed by atoms with Gasteiger partial charge in [0.15, 0.2) is 0 Å². The van der Waals surface area contributed by atoms with Crippen molar-refractivity contribution < 1.29 is 14.6 Å². The highest BCUT2D eigenvalue weighted by atomic mass is 16.5. The Bertz CT molecular complexity index is 158. The second-order valence-electron chi connectivity index (χ2n) is 2.86. The first kappa shape index (κ1) is 9.48. The van der Waals surface area contributed by atoms with Crippen molar-refractivity contribution in [3.8, 4) is 0 Å². The van der Waals surface area contributed by atoms with Crippen LogP contribution in [0.15, 0.2) is 0 Å². The highest BCUT2D eigenvalue weighted by Crippen LogP contribution is 2.10. The lowest BCUT2D eigenvalue weighted by Gasteiger charge is -2.34. The van der Waals surface area contributed by atoms with Crippen LogP contribution in [-0.2, 0) is 9.53 Å². The largest absolute Gasteiger partial charge is 0.396 e. The number of ether oxygens (including phenoxy) is 1. The zero-order valence-electron chi connectivity index (χ0n) is 7.32. The Labute approximate surface area is 72.1 Å². The van der Waals surface area contributed by atoms with E-state index in [-0.39, 0.29) is 25.2 Å². The van der Waals surface area contributed by atoms with Crippen LogP contribution in [0.4, 0.5) is 0 Å². The summed E-state index contributed by atoms with van der Waals surface area (Å²) in [5.41, 5.74) is 0. The summed E-state index contributed by atoms with van der Waals surface area (Å²) in [6.45, 7) is 3.49. The number of amides is 1. The van der Waals surface area contributed by atoms with Gasteiger partial charge >= 0.3 is 0 Å². The lowest BCUT2D eigenvalue weighted by Crippen LogP contribution is -2.49. The third kappa shape index (κ3) is 1.95. The molecule has 0 saturated carbocycles. The summed E-state index contributed by atoms with van der Waals surface area (Å²) in [4.78, 5) is 13.0. The number of nitrogens with zero attached hydrogens (tertiary/aromatic N) is 1. The maximum atomic E-state index is 11.2. The molecule has 0 aliphatic carbocycles. The molecule has 1 aliphatic rings. The van der Waals surface area contributed by atoms with E-state index in [1.807, 2.05) is 6.92 Å². The summed E-state index contributed by atoms with van der Waals surface area (Å²) in [6, 6.07) is 0.0706. The molecule has 1 saturated heterocycles. The van der Waals surface area contributed by atoms with Gasteiger partial charge < -0.3 is 14.7 Å². The Hall–Kier alpha value is -0.610. The monoisotopic (exact) mass is 173 g/mol. The Kier molecular flexibility index (Phi) is 3.49. The van der Waals surface area contributed by atoms with Gasteiger partial charge in [-0.25, -0.2) is 0 Å². The molecule has 4 nitrogen and oxygen atoms in total. The van der Waals surface area contributed by atoms with Gasteiger partial charge in [0.05, 0.1) is 12.6 Å². The molecular formula is C8H15NO3. The van der Waals surface area contributed by atoms with E-state index in [0.717, 1.165) is 0 Å². The van der Waals surface area contributed by atoms with Crippen LogP contribution in [-0.4, -0.2) is 48.3 Å². The minimum Gasteiger partial charge on any atom is -0.396 e. The van der Waals surface area contributed by atoms with E-state index in [4.69, 9.17) is 9.84 Å².